The molecule has 0 saturated heterocycles. The van der Waals surface area contributed by atoms with Crippen LogP contribution in [0.1, 0.15) is 65.0 Å². The molecule has 3 atom stereocenters. The van der Waals surface area contributed by atoms with Gasteiger partial charge in [0.25, 0.3) is 0 Å². The van der Waals surface area contributed by atoms with E-state index in [2.05, 4.69) is 33.8 Å². The Labute approximate surface area is 155 Å². The molecule has 138 valence electrons. The lowest BCUT2D eigenvalue weighted by Crippen LogP contribution is -2.46. The lowest BCUT2D eigenvalue weighted by molar-refractivity contribution is -0.121. The fourth-order valence-corrected chi connectivity index (χ4v) is 4.33. The van der Waals surface area contributed by atoms with Gasteiger partial charge in [0.05, 0.1) is 17.9 Å². The Morgan fingerprint density at radius 2 is 2.08 bits per heavy atom. The van der Waals surface area contributed by atoms with Gasteiger partial charge in [-0.2, -0.15) is 10.2 Å². The number of fused-ring (bicyclic) bond motifs is 3. The summed E-state index contributed by atoms with van der Waals surface area (Å²) in [6.07, 6.45) is 3.50. The van der Waals surface area contributed by atoms with E-state index < -0.39 is 5.41 Å². The number of allylic oxidation sites excluding steroid dienone is 2. The molecule has 5 nitrogen and oxygen atoms in total. The molecule has 2 aliphatic carbocycles. The smallest absolute Gasteiger partial charge is 0.220 e. The van der Waals surface area contributed by atoms with Gasteiger partial charge in [-0.05, 0) is 25.7 Å². The van der Waals surface area contributed by atoms with Gasteiger partial charge in [0, 0.05) is 22.3 Å². The fraction of sp³-hybridized carbons (Fsp3) is 0.619. The van der Waals surface area contributed by atoms with E-state index >= 15 is 0 Å². The van der Waals surface area contributed by atoms with Gasteiger partial charge < -0.3 is 4.74 Å². The van der Waals surface area contributed by atoms with Crippen LogP contribution in [0.2, 0.25) is 0 Å². The molecule has 0 aliphatic heterocycles. The highest BCUT2D eigenvalue weighted by molar-refractivity contribution is 6.02. The molecule has 0 bridgehead atoms. The van der Waals surface area contributed by atoms with E-state index in [4.69, 9.17) is 14.7 Å². The number of hydrogen-bond acceptors (Lipinski definition) is 5. The summed E-state index contributed by atoms with van der Waals surface area (Å²) in [6, 6.07) is 2.09. The van der Waals surface area contributed by atoms with Gasteiger partial charge in [0.1, 0.15) is 11.9 Å². The van der Waals surface area contributed by atoms with Crippen molar-refractivity contribution in [2.24, 2.45) is 11.8 Å². The third-order valence-corrected chi connectivity index (χ3v) is 5.75. The summed E-state index contributed by atoms with van der Waals surface area (Å²) < 4.78 is 5.86. The normalized spacial score (nSPS) is 27.9. The number of carbonyl (C=O) groups is 1. The summed E-state index contributed by atoms with van der Waals surface area (Å²) >= 11 is 0. The van der Waals surface area contributed by atoms with Crippen LogP contribution in [-0.4, -0.2) is 22.4 Å². The second-order valence-electron chi connectivity index (χ2n) is 8.61. The topological polar surface area (TPSA) is 75.9 Å². The summed E-state index contributed by atoms with van der Waals surface area (Å²) in [4.78, 5) is 22.2. The van der Waals surface area contributed by atoms with Crippen molar-refractivity contribution < 1.29 is 9.53 Å². The number of ketones is 1. The van der Waals surface area contributed by atoms with Gasteiger partial charge in [-0.15, -0.1) is 0 Å². The number of hydrogen-bond donors (Lipinski definition) is 0. The zero-order valence-electron chi connectivity index (χ0n) is 16.5. The summed E-state index contributed by atoms with van der Waals surface area (Å²) in [7, 11) is 0. The van der Waals surface area contributed by atoms with E-state index in [9.17, 15) is 10.1 Å². The van der Waals surface area contributed by atoms with Crippen LogP contribution in [0.25, 0.3) is 0 Å². The monoisotopic (exact) mass is 353 g/mol. The molecule has 1 heterocycles. The van der Waals surface area contributed by atoms with Gasteiger partial charge in [-0.3, -0.25) is 4.79 Å². The van der Waals surface area contributed by atoms with E-state index in [1.807, 2.05) is 19.9 Å². The molecule has 0 aromatic carbocycles. The van der Waals surface area contributed by atoms with Crippen molar-refractivity contribution in [2.45, 2.75) is 65.2 Å². The van der Waals surface area contributed by atoms with E-state index in [-0.39, 0.29) is 28.6 Å². The van der Waals surface area contributed by atoms with Crippen LogP contribution in [0, 0.1) is 23.2 Å². The highest BCUT2D eigenvalue weighted by atomic mass is 16.5. The predicted octanol–water partition coefficient (Wildman–Crippen LogP) is 3.66. The molecule has 3 unspecified atom stereocenters. The number of nitrogens with zero attached hydrogens (tertiary/aromatic N) is 3. The molecule has 0 radical (unpaired) electrons. The van der Waals surface area contributed by atoms with Crippen LogP contribution in [0.4, 0.5) is 0 Å². The Balaban J connectivity index is 2.29. The van der Waals surface area contributed by atoms with Gasteiger partial charge in [-0.25, -0.2) is 4.98 Å². The minimum atomic E-state index is -0.458. The van der Waals surface area contributed by atoms with Crippen LogP contribution in [0.5, 0.6) is 5.88 Å². The molecule has 0 saturated carbocycles. The Morgan fingerprint density at radius 1 is 1.38 bits per heavy atom. The van der Waals surface area contributed by atoms with Crippen molar-refractivity contribution >= 4 is 5.78 Å². The third kappa shape index (κ3) is 2.72. The molecule has 0 spiro atoms. The average molecular weight is 353 g/mol. The van der Waals surface area contributed by atoms with Crippen LogP contribution >= 0.6 is 0 Å². The maximum absolute atomic E-state index is 12.5. The average Bonchev–Trinajstić information content (AvgIpc) is 2.57. The van der Waals surface area contributed by atoms with E-state index in [1.165, 1.54) is 0 Å². The maximum atomic E-state index is 12.5. The summed E-state index contributed by atoms with van der Waals surface area (Å²) in [5.74, 6) is 1.29. The third-order valence-electron chi connectivity index (χ3n) is 5.75. The van der Waals surface area contributed by atoms with Crippen LogP contribution in [0.3, 0.4) is 0 Å². The lowest BCUT2D eigenvalue weighted by atomic mass is 9.58. The number of ether oxygens (including phenoxy) is 1. The zero-order chi connectivity index (χ0) is 19.3. The number of carbonyl (C=O) groups excluding carboxylic acids is 1. The highest BCUT2D eigenvalue weighted by Gasteiger charge is 2.50. The Kier molecular flexibility index (Phi) is 4.42. The molecular formula is C21H27N3O2. The Morgan fingerprint density at radius 3 is 2.65 bits per heavy atom. The summed E-state index contributed by atoms with van der Waals surface area (Å²) in [5.41, 5.74) is 1.51. The standard InChI is InChI=1S/C21H27N3O2/c1-7-26-18-14-8-9-15-12(2)16(25)13(11-22)10-21(15,6)17(14)23-19(24-18)20(3,4)5/h10,12,15H,7-9H2,1-6H3. The van der Waals surface area contributed by atoms with Crippen molar-refractivity contribution in [2.75, 3.05) is 6.61 Å². The SMILES string of the molecule is CCOc1nc(C(C)(C)C)nc2c1CCC1C(C)C(=O)C(C#N)=CC21C. The molecule has 5 heteroatoms. The van der Waals surface area contributed by atoms with Crippen molar-refractivity contribution in [3.63, 3.8) is 0 Å². The molecule has 1 aromatic heterocycles. The number of aromatic nitrogens is 2. The zero-order valence-corrected chi connectivity index (χ0v) is 16.5. The molecule has 0 amide bonds. The van der Waals surface area contributed by atoms with Crippen molar-refractivity contribution in [3.05, 3.63) is 28.7 Å². The number of Topliss-reactive ketones (excluding diaryl/α,β-unsaturated/α-hetero) is 1. The van der Waals surface area contributed by atoms with Crippen LogP contribution in [-0.2, 0) is 22.0 Å². The Hall–Kier alpha value is -2.22. The minimum Gasteiger partial charge on any atom is -0.478 e. The fourth-order valence-electron chi connectivity index (χ4n) is 4.33. The van der Waals surface area contributed by atoms with E-state index in [0.29, 0.717) is 12.5 Å². The molecule has 0 fully saturated rings. The predicted molar refractivity (Wildman–Crippen MR) is 98.9 cm³/mol. The number of nitriles is 1. The van der Waals surface area contributed by atoms with E-state index in [0.717, 1.165) is 29.9 Å². The Bertz CT molecular complexity index is 829. The molecular weight excluding hydrogens is 326 g/mol. The van der Waals surface area contributed by atoms with Gasteiger partial charge in [0.15, 0.2) is 5.78 Å². The first-order valence-corrected chi connectivity index (χ1v) is 9.35. The minimum absolute atomic E-state index is 0.0476. The molecule has 2 aliphatic rings. The quantitative estimate of drug-likeness (QED) is 0.811. The first-order valence-electron chi connectivity index (χ1n) is 9.35. The van der Waals surface area contributed by atoms with Crippen LogP contribution < -0.4 is 4.74 Å². The molecule has 0 N–H and O–H groups in total. The second-order valence-corrected chi connectivity index (χ2v) is 8.61. The van der Waals surface area contributed by atoms with E-state index in [1.54, 1.807) is 0 Å². The first kappa shape index (κ1) is 18.6. The second kappa shape index (κ2) is 6.19. The van der Waals surface area contributed by atoms with Crippen molar-refractivity contribution in [3.8, 4) is 11.9 Å². The van der Waals surface area contributed by atoms with Gasteiger partial charge in [-0.1, -0.05) is 40.7 Å². The highest BCUT2D eigenvalue weighted by Crippen LogP contribution is 2.50. The van der Waals surface area contributed by atoms with Crippen molar-refractivity contribution in [1.82, 2.24) is 9.97 Å². The largest absolute Gasteiger partial charge is 0.478 e. The number of rotatable bonds is 2. The van der Waals surface area contributed by atoms with Crippen molar-refractivity contribution in [1.29, 1.82) is 5.26 Å². The van der Waals surface area contributed by atoms with Gasteiger partial charge >= 0.3 is 0 Å². The molecule has 1 aromatic rings. The van der Waals surface area contributed by atoms with Gasteiger partial charge in [0.2, 0.25) is 5.88 Å². The lowest BCUT2D eigenvalue weighted by Gasteiger charge is -2.45. The molecule has 3 rings (SSSR count). The maximum Gasteiger partial charge on any atom is 0.220 e. The molecule has 26 heavy (non-hydrogen) atoms. The summed E-state index contributed by atoms with van der Waals surface area (Å²) in [5, 5.41) is 9.46. The van der Waals surface area contributed by atoms with Crippen LogP contribution in [0.15, 0.2) is 11.6 Å². The first-order chi connectivity index (χ1) is 12.1. The summed E-state index contributed by atoms with van der Waals surface area (Å²) in [6.45, 7) is 12.8.